The summed E-state index contributed by atoms with van der Waals surface area (Å²) < 4.78 is 0. The largest absolute Gasteiger partial charge is 0.318 e. The Balaban J connectivity index is 0. The first-order valence-corrected chi connectivity index (χ1v) is 5.84. The van der Waals surface area contributed by atoms with Crippen molar-refractivity contribution in [2.45, 2.75) is 27.7 Å². The minimum Gasteiger partial charge on any atom is -0.318 e. The molecule has 0 aliphatic heterocycles. The zero-order chi connectivity index (χ0) is 11.2. The molecule has 0 radical (unpaired) electrons. The lowest BCUT2D eigenvalue weighted by atomic mass is 10.5. The average molecular weight is 203 g/mol. The molecule has 0 atom stereocenters. The van der Waals surface area contributed by atoms with Gasteiger partial charge in [-0.1, -0.05) is 27.7 Å². The van der Waals surface area contributed by atoms with E-state index in [0.29, 0.717) is 0 Å². The molecule has 0 saturated carbocycles. The monoisotopic (exact) mass is 203 g/mol. The summed E-state index contributed by atoms with van der Waals surface area (Å²) in [6.07, 6.45) is 0. The van der Waals surface area contributed by atoms with Crippen molar-refractivity contribution in [3.05, 3.63) is 0 Å². The molecule has 0 amide bonds. The van der Waals surface area contributed by atoms with Crippen molar-refractivity contribution in [3.8, 4) is 0 Å². The fraction of sp³-hybridized carbons (Fsp3) is 1.00. The molecule has 0 heterocycles. The Morgan fingerprint density at radius 1 is 0.857 bits per heavy atom. The Kier molecular flexibility index (Phi) is 17.9. The van der Waals surface area contributed by atoms with Gasteiger partial charge in [0.2, 0.25) is 0 Å². The number of hydrogen-bond donors (Lipinski definition) is 2. The Labute approximate surface area is 90.3 Å². The summed E-state index contributed by atoms with van der Waals surface area (Å²) in [5.41, 5.74) is 0. The second-order valence-electron chi connectivity index (χ2n) is 3.08. The highest BCUT2D eigenvalue weighted by Crippen LogP contribution is 1.81. The number of nitrogens with zero attached hydrogens (tertiary/aromatic N) is 1. The van der Waals surface area contributed by atoms with Crippen molar-refractivity contribution in [3.63, 3.8) is 0 Å². The van der Waals surface area contributed by atoms with Crippen LogP contribution >= 0.6 is 0 Å². The van der Waals surface area contributed by atoms with Crippen LogP contribution in [0.1, 0.15) is 27.7 Å². The average Bonchev–Trinajstić information content (AvgIpc) is 2.22. The van der Waals surface area contributed by atoms with Crippen LogP contribution in [0.4, 0.5) is 0 Å². The second-order valence-corrected chi connectivity index (χ2v) is 3.08. The summed E-state index contributed by atoms with van der Waals surface area (Å²) in [5, 5.41) is 6.23. The minimum atomic E-state index is 1.06. The Bertz CT molecular complexity index is 73.1. The third kappa shape index (κ3) is 14.4. The van der Waals surface area contributed by atoms with E-state index >= 15 is 0 Å². The summed E-state index contributed by atoms with van der Waals surface area (Å²) in [6.45, 7) is 15.4. The maximum Gasteiger partial charge on any atom is 0.00764 e. The smallest absolute Gasteiger partial charge is 0.00764 e. The highest BCUT2D eigenvalue weighted by atomic mass is 15.1. The van der Waals surface area contributed by atoms with Gasteiger partial charge in [0.05, 0.1) is 0 Å². The van der Waals surface area contributed by atoms with E-state index in [-0.39, 0.29) is 0 Å². The van der Waals surface area contributed by atoms with Gasteiger partial charge in [0.1, 0.15) is 0 Å². The number of likely N-dealkylation sites (N-methyl/N-ethyl adjacent to an activating group) is 2. The summed E-state index contributed by atoms with van der Waals surface area (Å²) in [4.78, 5) is 2.38. The lowest BCUT2D eigenvalue weighted by Crippen LogP contribution is -2.24. The predicted molar refractivity (Wildman–Crippen MR) is 65.9 cm³/mol. The fourth-order valence-electron chi connectivity index (χ4n) is 1.06. The molecule has 88 valence electrons. The summed E-state index contributed by atoms with van der Waals surface area (Å²) in [7, 11) is 1.96. The number of nitrogens with one attached hydrogen (secondary N) is 2. The first kappa shape index (κ1) is 16.3. The molecule has 0 unspecified atom stereocenters. The van der Waals surface area contributed by atoms with Crippen molar-refractivity contribution >= 4 is 0 Å². The summed E-state index contributed by atoms with van der Waals surface area (Å²) in [6, 6.07) is 0. The highest BCUT2D eigenvalue weighted by molar-refractivity contribution is 4.44. The van der Waals surface area contributed by atoms with Crippen LogP contribution in [0.2, 0.25) is 0 Å². The molecular weight excluding hydrogens is 174 g/mol. The number of rotatable bonds is 7. The van der Waals surface area contributed by atoms with E-state index in [2.05, 4.69) is 43.2 Å². The van der Waals surface area contributed by atoms with E-state index in [1.807, 2.05) is 7.05 Å². The third-order valence-electron chi connectivity index (χ3n) is 2.14. The van der Waals surface area contributed by atoms with Crippen molar-refractivity contribution in [2.75, 3.05) is 46.3 Å². The lowest BCUT2D eigenvalue weighted by Gasteiger charge is -2.13. The van der Waals surface area contributed by atoms with Gasteiger partial charge in [0.15, 0.2) is 0 Å². The van der Waals surface area contributed by atoms with E-state index in [9.17, 15) is 0 Å². The Morgan fingerprint density at radius 2 is 1.36 bits per heavy atom. The van der Waals surface area contributed by atoms with Gasteiger partial charge in [-0.3, -0.25) is 0 Å². The quantitative estimate of drug-likeness (QED) is 0.608. The van der Waals surface area contributed by atoms with E-state index in [1.165, 1.54) is 19.6 Å². The van der Waals surface area contributed by atoms with Gasteiger partial charge in [-0.2, -0.15) is 0 Å². The van der Waals surface area contributed by atoms with Gasteiger partial charge < -0.3 is 15.5 Å². The van der Waals surface area contributed by atoms with Crippen LogP contribution in [0.15, 0.2) is 0 Å². The van der Waals surface area contributed by atoms with Crippen molar-refractivity contribution < 1.29 is 0 Å². The van der Waals surface area contributed by atoms with Crippen LogP contribution in [-0.2, 0) is 0 Å². The molecule has 14 heavy (non-hydrogen) atoms. The van der Waals surface area contributed by atoms with Gasteiger partial charge in [0, 0.05) is 13.1 Å². The third-order valence-corrected chi connectivity index (χ3v) is 2.14. The molecule has 0 saturated heterocycles. The van der Waals surface area contributed by atoms with E-state index in [1.54, 1.807) is 0 Å². The van der Waals surface area contributed by atoms with E-state index < -0.39 is 0 Å². The molecule has 0 rings (SSSR count). The fourth-order valence-corrected chi connectivity index (χ4v) is 1.06. The standard InChI is InChI=1S/C6H15N.C5H14N2/c1-4-7(5-2)6-3;1-3-7-5-4-6-2/h4-6H2,1-3H3;6-7H,3-5H2,1-2H3. The molecule has 3 heteroatoms. The molecule has 0 aromatic carbocycles. The van der Waals surface area contributed by atoms with Gasteiger partial charge in [-0.25, -0.2) is 0 Å². The Hall–Kier alpha value is -0.120. The highest BCUT2D eigenvalue weighted by Gasteiger charge is 1.89. The van der Waals surface area contributed by atoms with Crippen LogP contribution < -0.4 is 10.6 Å². The van der Waals surface area contributed by atoms with Crippen molar-refractivity contribution in [1.82, 2.24) is 15.5 Å². The van der Waals surface area contributed by atoms with E-state index in [0.717, 1.165) is 19.6 Å². The molecule has 0 bridgehead atoms. The van der Waals surface area contributed by atoms with Crippen molar-refractivity contribution in [1.29, 1.82) is 0 Å². The van der Waals surface area contributed by atoms with E-state index in [4.69, 9.17) is 0 Å². The Morgan fingerprint density at radius 3 is 1.57 bits per heavy atom. The van der Waals surface area contributed by atoms with Crippen LogP contribution in [0, 0.1) is 0 Å². The van der Waals surface area contributed by atoms with Crippen LogP contribution in [0.25, 0.3) is 0 Å². The first-order valence-electron chi connectivity index (χ1n) is 5.84. The minimum absolute atomic E-state index is 1.06. The predicted octanol–water partition coefficient (Wildman–Crippen LogP) is 1.16. The molecule has 0 aliphatic rings. The molecule has 0 aromatic heterocycles. The molecule has 3 nitrogen and oxygen atoms in total. The van der Waals surface area contributed by atoms with Crippen LogP contribution in [0.5, 0.6) is 0 Å². The zero-order valence-corrected chi connectivity index (χ0v) is 10.7. The molecule has 0 aliphatic carbocycles. The first-order chi connectivity index (χ1) is 6.76. The SMILES string of the molecule is CCN(CC)CC.CCNCCNC. The molecule has 0 aromatic rings. The topological polar surface area (TPSA) is 27.3 Å². The molecule has 0 fully saturated rings. The van der Waals surface area contributed by atoms with Crippen molar-refractivity contribution in [2.24, 2.45) is 0 Å². The van der Waals surface area contributed by atoms with Gasteiger partial charge in [0.25, 0.3) is 0 Å². The molecule has 2 N–H and O–H groups in total. The molecule has 0 spiro atoms. The zero-order valence-electron chi connectivity index (χ0n) is 10.7. The molecular formula is C11H29N3. The number of hydrogen-bond acceptors (Lipinski definition) is 3. The van der Waals surface area contributed by atoms with Crippen LogP contribution in [-0.4, -0.2) is 51.2 Å². The van der Waals surface area contributed by atoms with Gasteiger partial charge in [-0.15, -0.1) is 0 Å². The summed E-state index contributed by atoms with van der Waals surface area (Å²) >= 11 is 0. The van der Waals surface area contributed by atoms with Gasteiger partial charge >= 0.3 is 0 Å². The normalized spacial score (nSPS) is 9.86. The summed E-state index contributed by atoms with van der Waals surface area (Å²) in [5.74, 6) is 0. The van der Waals surface area contributed by atoms with Crippen LogP contribution in [0.3, 0.4) is 0 Å². The van der Waals surface area contributed by atoms with Gasteiger partial charge in [-0.05, 0) is 33.2 Å². The maximum atomic E-state index is 3.19. The maximum absolute atomic E-state index is 3.19. The second kappa shape index (κ2) is 15.4. The lowest BCUT2D eigenvalue weighted by molar-refractivity contribution is 0.321.